The Kier molecular flexibility index (Phi) is 5.43. The highest BCUT2D eigenvalue weighted by molar-refractivity contribution is 7.89. The first-order valence-electron chi connectivity index (χ1n) is 7.11. The molecular formula is C13H21ClN4O2S. The fourth-order valence-corrected chi connectivity index (χ4v) is 4.47. The van der Waals surface area contributed by atoms with Gasteiger partial charge in [0, 0.05) is 51.7 Å². The Bertz CT molecular complexity index is 584. The van der Waals surface area contributed by atoms with Gasteiger partial charge in [-0.25, -0.2) is 8.42 Å². The zero-order valence-corrected chi connectivity index (χ0v) is 13.9. The first-order valence-corrected chi connectivity index (χ1v) is 8.93. The summed E-state index contributed by atoms with van der Waals surface area (Å²) in [5.41, 5.74) is 0.570. The smallest absolute Gasteiger partial charge is 0.246 e. The van der Waals surface area contributed by atoms with Crippen molar-refractivity contribution in [3.05, 3.63) is 17.4 Å². The van der Waals surface area contributed by atoms with Crippen LogP contribution >= 0.6 is 11.6 Å². The highest BCUT2D eigenvalue weighted by Gasteiger charge is 2.29. The van der Waals surface area contributed by atoms with E-state index in [0.717, 1.165) is 26.2 Å². The van der Waals surface area contributed by atoms with Crippen LogP contribution in [0.1, 0.15) is 13.8 Å². The zero-order chi connectivity index (χ0) is 15.5. The van der Waals surface area contributed by atoms with Crippen molar-refractivity contribution in [2.75, 3.05) is 44.2 Å². The van der Waals surface area contributed by atoms with Gasteiger partial charge in [-0.15, -0.1) is 0 Å². The van der Waals surface area contributed by atoms with Crippen molar-refractivity contribution in [2.24, 2.45) is 0 Å². The number of hydrogen-bond acceptors (Lipinski definition) is 5. The molecule has 2 rings (SSSR count). The van der Waals surface area contributed by atoms with Gasteiger partial charge in [0.25, 0.3) is 0 Å². The molecule has 0 atom stereocenters. The van der Waals surface area contributed by atoms with Crippen LogP contribution in [0.15, 0.2) is 17.3 Å². The lowest BCUT2D eigenvalue weighted by molar-refractivity contribution is 0.444. The van der Waals surface area contributed by atoms with Crippen LogP contribution in [0.5, 0.6) is 0 Å². The average Bonchev–Trinajstić information content (AvgIpc) is 2.49. The molecule has 0 radical (unpaired) electrons. The molecule has 1 aromatic heterocycles. The van der Waals surface area contributed by atoms with Gasteiger partial charge >= 0.3 is 0 Å². The number of pyridine rings is 1. The average molecular weight is 333 g/mol. The molecular weight excluding hydrogens is 312 g/mol. The molecule has 1 aliphatic rings. The van der Waals surface area contributed by atoms with E-state index in [0.29, 0.717) is 23.8 Å². The molecule has 8 heteroatoms. The molecule has 1 aromatic rings. The van der Waals surface area contributed by atoms with Gasteiger partial charge in [-0.05, 0) is 0 Å². The summed E-state index contributed by atoms with van der Waals surface area (Å²) in [4.78, 5) is 6.18. The molecule has 21 heavy (non-hydrogen) atoms. The normalized spacial score (nSPS) is 16.5. The van der Waals surface area contributed by atoms with E-state index in [4.69, 9.17) is 11.6 Å². The van der Waals surface area contributed by atoms with Gasteiger partial charge in [-0.1, -0.05) is 25.4 Å². The second-order valence-electron chi connectivity index (χ2n) is 4.79. The van der Waals surface area contributed by atoms with Crippen molar-refractivity contribution >= 4 is 27.3 Å². The Morgan fingerprint density at radius 2 is 1.90 bits per heavy atom. The number of rotatable bonds is 5. The molecule has 6 nitrogen and oxygen atoms in total. The third kappa shape index (κ3) is 3.31. The summed E-state index contributed by atoms with van der Waals surface area (Å²) < 4.78 is 27.0. The summed E-state index contributed by atoms with van der Waals surface area (Å²) in [6, 6.07) is 0. The summed E-state index contributed by atoms with van der Waals surface area (Å²) in [5, 5.41) is 3.63. The molecule has 2 heterocycles. The number of aromatic nitrogens is 1. The largest absolute Gasteiger partial charge is 0.367 e. The molecule has 0 aliphatic carbocycles. The van der Waals surface area contributed by atoms with Crippen LogP contribution in [-0.4, -0.2) is 57.0 Å². The number of hydrogen-bond donors (Lipinski definition) is 1. The van der Waals surface area contributed by atoms with Crippen LogP contribution < -0.4 is 10.2 Å². The van der Waals surface area contributed by atoms with Crippen molar-refractivity contribution in [1.82, 2.24) is 14.6 Å². The molecule has 0 spiro atoms. The van der Waals surface area contributed by atoms with Crippen molar-refractivity contribution < 1.29 is 8.42 Å². The van der Waals surface area contributed by atoms with E-state index in [1.807, 2.05) is 18.7 Å². The SMILES string of the molecule is CCN(CC)S(=O)(=O)c1cncc(Cl)c1N1CCNCC1. The fraction of sp³-hybridized carbons (Fsp3) is 0.615. The minimum Gasteiger partial charge on any atom is -0.367 e. The van der Waals surface area contributed by atoms with E-state index < -0.39 is 10.0 Å². The fourth-order valence-electron chi connectivity index (χ4n) is 2.50. The molecule has 1 fully saturated rings. The maximum atomic E-state index is 12.8. The van der Waals surface area contributed by atoms with Crippen LogP contribution in [0.4, 0.5) is 5.69 Å². The molecule has 1 saturated heterocycles. The van der Waals surface area contributed by atoms with E-state index >= 15 is 0 Å². The Hall–Kier alpha value is -0.890. The molecule has 0 unspecified atom stereocenters. The number of anilines is 1. The topological polar surface area (TPSA) is 65.5 Å². The number of halogens is 1. The third-order valence-corrected chi connectivity index (χ3v) is 5.92. The van der Waals surface area contributed by atoms with Gasteiger partial charge in [0.2, 0.25) is 10.0 Å². The second kappa shape index (κ2) is 6.91. The zero-order valence-electron chi connectivity index (χ0n) is 12.3. The van der Waals surface area contributed by atoms with Crippen molar-refractivity contribution in [3.63, 3.8) is 0 Å². The maximum absolute atomic E-state index is 12.8. The van der Waals surface area contributed by atoms with E-state index in [1.54, 1.807) is 0 Å². The van der Waals surface area contributed by atoms with E-state index in [1.165, 1.54) is 16.7 Å². The number of nitrogens with one attached hydrogen (secondary N) is 1. The number of piperazine rings is 1. The van der Waals surface area contributed by atoms with Gasteiger partial charge in [0.1, 0.15) is 4.90 Å². The quantitative estimate of drug-likeness (QED) is 0.877. The minimum absolute atomic E-state index is 0.195. The molecule has 0 bridgehead atoms. The second-order valence-corrected chi connectivity index (χ2v) is 7.11. The van der Waals surface area contributed by atoms with E-state index in [-0.39, 0.29) is 4.90 Å². The first-order chi connectivity index (χ1) is 10.0. The van der Waals surface area contributed by atoms with Crippen LogP contribution in [0.3, 0.4) is 0 Å². The Balaban J connectivity index is 2.51. The first kappa shape index (κ1) is 16.5. The number of nitrogens with zero attached hydrogens (tertiary/aromatic N) is 3. The number of sulfonamides is 1. The summed E-state index contributed by atoms with van der Waals surface area (Å²) >= 11 is 6.25. The van der Waals surface area contributed by atoms with Gasteiger partial charge in [-0.3, -0.25) is 4.98 Å². The Morgan fingerprint density at radius 3 is 2.48 bits per heavy atom. The lowest BCUT2D eigenvalue weighted by Gasteiger charge is -2.32. The molecule has 0 aromatic carbocycles. The monoisotopic (exact) mass is 332 g/mol. The Morgan fingerprint density at radius 1 is 1.29 bits per heavy atom. The highest BCUT2D eigenvalue weighted by Crippen LogP contribution is 2.33. The predicted octanol–water partition coefficient (Wildman–Crippen LogP) is 1.18. The molecule has 118 valence electrons. The van der Waals surface area contributed by atoms with Crippen molar-refractivity contribution in [1.29, 1.82) is 0 Å². The predicted molar refractivity (Wildman–Crippen MR) is 84.4 cm³/mol. The summed E-state index contributed by atoms with van der Waals surface area (Å²) in [6.45, 7) is 7.56. The highest BCUT2D eigenvalue weighted by atomic mass is 35.5. The van der Waals surface area contributed by atoms with Crippen molar-refractivity contribution in [2.45, 2.75) is 18.7 Å². The maximum Gasteiger partial charge on any atom is 0.246 e. The van der Waals surface area contributed by atoms with E-state index in [9.17, 15) is 8.42 Å². The third-order valence-electron chi connectivity index (χ3n) is 3.60. The lowest BCUT2D eigenvalue weighted by atomic mass is 10.3. The molecule has 0 saturated carbocycles. The van der Waals surface area contributed by atoms with E-state index in [2.05, 4.69) is 10.3 Å². The van der Waals surface area contributed by atoms with Crippen LogP contribution in [-0.2, 0) is 10.0 Å². The van der Waals surface area contributed by atoms with Crippen LogP contribution in [0.25, 0.3) is 0 Å². The van der Waals surface area contributed by atoms with Crippen LogP contribution in [0.2, 0.25) is 5.02 Å². The summed E-state index contributed by atoms with van der Waals surface area (Å²) in [7, 11) is -3.58. The lowest BCUT2D eigenvalue weighted by Crippen LogP contribution is -2.44. The minimum atomic E-state index is -3.58. The summed E-state index contributed by atoms with van der Waals surface area (Å²) in [6.07, 6.45) is 2.90. The van der Waals surface area contributed by atoms with Crippen LogP contribution in [0, 0.1) is 0 Å². The molecule has 1 N–H and O–H groups in total. The Labute approximate surface area is 131 Å². The standard InChI is InChI=1S/C13H21ClN4O2S/c1-3-18(4-2)21(19,20)12-10-16-9-11(14)13(12)17-7-5-15-6-8-17/h9-10,15H,3-8H2,1-2H3. The molecule has 0 amide bonds. The van der Waals surface area contributed by atoms with Gasteiger partial charge in [0.05, 0.1) is 10.7 Å². The van der Waals surface area contributed by atoms with Gasteiger partial charge in [0.15, 0.2) is 0 Å². The van der Waals surface area contributed by atoms with Crippen molar-refractivity contribution in [3.8, 4) is 0 Å². The summed E-state index contributed by atoms with van der Waals surface area (Å²) in [5.74, 6) is 0. The van der Waals surface area contributed by atoms with Gasteiger partial charge in [-0.2, -0.15) is 4.31 Å². The molecule has 1 aliphatic heterocycles. The van der Waals surface area contributed by atoms with Gasteiger partial charge < -0.3 is 10.2 Å².